The van der Waals surface area contributed by atoms with Crippen LogP contribution in [0.1, 0.15) is 31.6 Å². The van der Waals surface area contributed by atoms with Crippen molar-refractivity contribution in [3.63, 3.8) is 0 Å². The summed E-state index contributed by atoms with van der Waals surface area (Å²) < 4.78 is 0. The van der Waals surface area contributed by atoms with Gasteiger partial charge in [0.05, 0.1) is 31.2 Å². The lowest BCUT2D eigenvalue weighted by molar-refractivity contribution is -0.130. The molecule has 168 valence electrons. The molecule has 1 fully saturated rings. The fourth-order valence-corrected chi connectivity index (χ4v) is 6.43. The van der Waals surface area contributed by atoms with Gasteiger partial charge in [-0.25, -0.2) is 0 Å². The molecule has 0 aliphatic carbocycles. The second-order valence-corrected chi connectivity index (χ2v) is 10.6. The molecule has 0 spiro atoms. The van der Waals surface area contributed by atoms with Crippen LogP contribution in [0.25, 0.3) is 0 Å². The number of halogens is 6. The van der Waals surface area contributed by atoms with Gasteiger partial charge in [0.2, 0.25) is 0 Å². The Balaban J connectivity index is 1.63. The molecule has 3 heterocycles. The smallest absolute Gasteiger partial charge is 0.264 e. The minimum atomic E-state index is -1.14. The zero-order chi connectivity index (χ0) is 23.8. The maximum Gasteiger partial charge on any atom is 0.264 e. The van der Waals surface area contributed by atoms with Crippen LogP contribution in [0.2, 0.25) is 30.1 Å². The van der Waals surface area contributed by atoms with E-state index in [9.17, 15) is 14.4 Å². The zero-order valence-corrected chi connectivity index (χ0v) is 21.3. The number of hydrogen-bond donors (Lipinski definition) is 0. The van der Waals surface area contributed by atoms with E-state index in [0.717, 1.165) is 9.78 Å². The van der Waals surface area contributed by atoms with Crippen LogP contribution in [0, 0.1) is 0 Å². The lowest BCUT2D eigenvalue weighted by Crippen LogP contribution is -2.67. The molecular formula is C21H8Cl6N2O3S. The van der Waals surface area contributed by atoms with Crippen molar-refractivity contribution in [2.24, 2.45) is 0 Å². The second kappa shape index (κ2) is 8.31. The van der Waals surface area contributed by atoms with E-state index in [2.05, 4.69) is 0 Å². The molecule has 12 heteroatoms. The maximum absolute atomic E-state index is 13.4. The Morgan fingerprint density at radius 3 is 1.73 bits per heavy atom. The molecule has 33 heavy (non-hydrogen) atoms. The standard InChI is InChI=1S/C21H8Cl6N2O3S/c22-7-4-8(23)6-9(5-7)28-17(10-2-1-3-33-10)18(21(28)32)29-19(30)11-12(20(29)31)14(25)16(27)15(26)13(11)24/h1-6,17-18H/t17-,18+/m1/s1. The predicted octanol–water partition coefficient (Wildman–Crippen LogP) is 7.42. The summed E-state index contributed by atoms with van der Waals surface area (Å²) in [5.41, 5.74) is 0.0806. The van der Waals surface area contributed by atoms with Crippen LogP contribution in [-0.2, 0) is 4.79 Å². The summed E-state index contributed by atoms with van der Waals surface area (Å²) >= 11 is 38.3. The Labute approximate surface area is 221 Å². The normalized spacial score (nSPS) is 19.9. The highest BCUT2D eigenvalue weighted by atomic mass is 35.5. The quantitative estimate of drug-likeness (QED) is 0.140. The van der Waals surface area contributed by atoms with Gasteiger partial charge in [0.15, 0.2) is 0 Å². The van der Waals surface area contributed by atoms with E-state index in [4.69, 9.17) is 69.6 Å². The Bertz CT molecular complexity index is 1310. The summed E-state index contributed by atoms with van der Waals surface area (Å²) in [7, 11) is 0. The van der Waals surface area contributed by atoms with E-state index in [1.807, 2.05) is 5.38 Å². The molecule has 2 aromatic carbocycles. The molecule has 1 aromatic heterocycles. The number of amides is 3. The molecule has 0 bridgehead atoms. The van der Waals surface area contributed by atoms with Gasteiger partial charge in [-0.1, -0.05) is 75.7 Å². The van der Waals surface area contributed by atoms with Crippen LogP contribution < -0.4 is 4.90 Å². The van der Waals surface area contributed by atoms with E-state index in [0.29, 0.717) is 15.7 Å². The van der Waals surface area contributed by atoms with Crippen molar-refractivity contribution < 1.29 is 14.4 Å². The molecule has 0 unspecified atom stereocenters. The number of hydrogen-bond acceptors (Lipinski definition) is 4. The van der Waals surface area contributed by atoms with Gasteiger partial charge in [0.25, 0.3) is 17.7 Å². The number of rotatable bonds is 3. The van der Waals surface area contributed by atoms with Crippen LogP contribution in [0.3, 0.4) is 0 Å². The van der Waals surface area contributed by atoms with E-state index < -0.39 is 29.8 Å². The van der Waals surface area contributed by atoms with Gasteiger partial charge in [-0.15, -0.1) is 11.3 Å². The van der Waals surface area contributed by atoms with Gasteiger partial charge in [-0.3, -0.25) is 24.2 Å². The number of thiophene rings is 1. The number of fused-ring (bicyclic) bond motifs is 1. The molecular weight excluding hydrogens is 573 g/mol. The lowest BCUT2D eigenvalue weighted by atomic mass is 9.90. The van der Waals surface area contributed by atoms with Crippen LogP contribution in [0.4, 0.5) is 5.69 Å². The SMILES string of the molecule is O=C1c2c(Cl)c(Cl)c(Cl)c(Cl)c2C(=O)N1[C@@H]1C(=O)N(c2cc(Cl)cc(Cl)c2)[C@@H]1c1cccs1. The highest BCUT2D eigenvalue weighted by Gasteiger charge is 2.58. The predicted molar refractivity (Wildman–Crippen MR) is 132 cm³/mol. The molecule has 0 saturated carbocycles. The first kappa shape index (κ1) is 23.2. The van der Waals surface area contributed by atoms with Gasteiger partial charge < -0.3 is 0 Å². The Morgan fingerprint density at radius 1 is 0.697 bits per heavy atom. The van der Waals surface area contributed by atoms with E-state index >= 15 is 0 Å². The summed E-state index contributed by atoms with van der Waals surface area (Å²) in [6, 6.07) is 6.50. The minimum absolute atomic E-state index is 0.143. The number of β-lactam (4-membered cyclic amide) rings is 1. The fourth-order valence-electron chi connectivity index (χ4n) is 4.05. The first-order valence-corrected chi connectivity index (χ1v) is 12.3. The molecule has 3 amide bonds. The average Bonchev–Trinajstić information content (AvgIpc) is 3.36. The van der Waals surface area contributed by atoms with Gasteiger partial charge in [-0.2, -0.15) is 0 Å². The highest BCUT2D eigenvalue weighted by molar-refractivity contribution is 7.10. The summed E-state index contributed by atoms with van der Waals surface area (Å²) in [5, 5.41) is 1.82. The highest BCUT2D eigenvalue weighted by Crippen LogP contribution is 2.50. The van der Waals surface area contributed by atoms with Gasteiger partial charge in [0, 0.05) is 20.6 Å². The summed E-state index contributed by atoms with van der Waals surface area (Å²) in [6.07, 6.45) is 0. The van der Waals surface area contributed by atoms with E-state index in [1.165, 1.54) is 22.3 Å². The molecule has 1 saturated heterocycles. The second-order valence-electron chi connectivity index (χ2n) is 7.23. The number of nitrogens with zero attached hydrogens (tertiary/aromatic N) is 2. The number of carbonyl (C=O) groups excluding carboxylic acids is 3. The monoisotopic (exact) mass is 578 g/mol. The maximum atomic E-state index is 13.4. The van der Waals surface area contributed by atoms with Crippen molar-refractivity contribution in [2.45, 2.75) is 12.1 Å². The molecule has 0 radical (unpaired) electrons. The summed E-state index contributed by atoms with van der Waals surface area (Å²) in [4.78, 5) is 43.1. The molecule has 2 aliphatic rings. The fraction of sp³-hybridized carbons (Fsp3) is 0.0952. The van der Waals surface area contributed by atoms with Crippen molar-refractivity contribution in [3.05, 3.63) is 81.9 Å². The van der Waals surface area contributed by atoms with E-state index in [1.54, 1.807) is 24.3 Å². The minimum Gasteiger partial charge on any atom is -0.299 e. The topological polar surface area (TPSA) is 57.7 Å². The van der Waals surface area contributed by atoms with Crippen LogP contribution in [0.5, 0.6) is 0 Å². The van der Waals surface area contributed by atoms with Gasteiger partial charge >= 0.3 is 0 Å². The summed E-state index contributed by atoms with van der Waals surface area (Å²) in [5.74, 6) is -2.04. The molecule has 0 N–H and O–H groups in total. The van der Waals surface area contributed by atoms with Crippen LogP contribution in [0.15, 0.2) is 35.7 Å². The van der Waals surface area contributed by atoms with Crippen molar-refractivity contribution in [2.75, 3.05) is 4.90 Å². The lowest BCUT2D eigenvalue weighted by Gasteiger charge is -2.49. The number of imide groups is 1. The first-order chi connectivity index (χ1) is 15.6. The number of carbonyl (C=O) groups is 3. The average molecular weight is 581 g/mol. The molecule has 5 rings (SSSR count). The van der Waals surface area contributed by atoms with Crippen molar-refractivity contribution in [3.8, 4) is 0 Å². The Morgan fingerprint density at radius 2 is 1.24 bits per heavy atom. The Hall–Kier alpha value is -1.51. The molecule has 3 aromatic rings. The summed E-state index contributed by atoms with van der Waals surface area (Å²) in [6.45, 7) is 0. The number of benzene rings is 2. The molecule has 5 nitrogen and oxygen atoms in total. The van der Waals surface area contributed by atoms with Crippen LogP contribution >= 0.6 is 80.9 Å². The zero-order valence-electron chi connectivity index (χ0n) is 15.9. The largest absolute Gasteiger partial charge is 0.299 e. The third-order valence-electron chi connectivity index (χ3n) is 5.44. The molecule has 2 aliphatic heterocycles. The molecule has 2 atom stereocenters. The van der Waals surface area contributed by atoms with Gasteiger partial charge in [-0.05, 0) is 29.6 Å². The van der Waals surface area contributed by atoms with Crippen molar-refractivity contribution in [1.82, 2.24) is 4.90 Å². The van der Waals surface area contributed by atoms with Crippen molar-refractivity contribution in [1.29, 1.82) is 0 Å². The van der Waals surface area contributed by atoms with Gasteiger partial charge in [0.1, 0.15) is 12.1 Å². The van der Waals surface area contributed by atoms with Crippen molar-refractivity contribution >= 4 is 104 Å². The third-order valence-corrected chi connectivity index (χ3v) is 8.62. The first-order valence-electron chi connectivity index (χ1n) is 9.19. The van der Waals surface area contributed by atoms with Crippen LogP contribution in [-0.4, -0.2) is 28.7 Å². The number of anilines is 1. The van der Waals surface area contributed by atoms with E-state index in [-0.39, 0.29) is 31.2 Å². The third kappa shape index (κ3) is 3.39. The Kier molecular flexibility index (Phi) is 5.85.